The molecule has 0 radical (unpaired) electrons. The number of rotatable bonds is 3. The summed E-state index contributed by atoms with van der Waals surface area (Å²) in [5.41, 5.74) is 12.0. The third kappa shape index (κ3) is 3.85. The number of benzene rings is 7. The lowest BCUT2D eigenvalue weighted by atomic mass is 9.97. The van der Waals surface area contributed by atoms with Crippen LogP contribution in [-0.4, -0.2) is 15.3 Å². The van der Waals surface area contributed by atoms with E-state index in [1.807, 2.05) is 0 Å². The maximum absolute atomic E-state index is 6.39. The van der Waals surface area contributed by atoms with Crippen molar-refractivity contribution in [3.05, 3.63) is 157 Å². The summed E-state index contributed by atoms with van der Waals surface area (Å²) < 4.78 is 17.5. The van der Waals surface area contributed by atoms with Crippen LogP contribution >= 0.6 is 0 Å². The largest absolute Gasteiger partial charge is 0.456 e. The summed E-state index contributed by atoms with van der Waals surface area (Å²) in [4.78, 5) is 4.89. The van der Waals surface area contributed by atoms with Crippen LogP contribution in [0, 0.1) is 0 Å². The van der Waals surface area contributed by atoms with Crippen LogP contribution in [0.25, 0.3) is 93.3 Å². The highest BCUT2D eigenvalue weighted by molar-refractivity contribution is 6.11. The third-order valence-electron chi connectivity index (χ3n) is 11.1. The maximum atomic E-state index is 6.39. The van der Waals surface area contributed by atoms with E-state index in [-0.39, 0.29) is 6.04 Å². The summed E-state index contributed by atoms with van der Waals surface area (Å²) in [5, 5.41) is 8.34. The second-order valence-corrected chi connectivity index (χ2v) is 13.9. The highest BCUT2D eigenvalue weighted by atomic mass is 16.3. The first-order chi connectivity index (χ1) is 25.8. The van der Waals surface area contributed by atoms with Crippen LogP contribution < -0.4 is 0 Å². The SMILES string of the molecule is C1=Nc2oc3ccc(-c4ccc5oc6ccc(-n7c8ccccc8c8ccccc87)cc6c5c4)cc3c2CC1n1c2ccccc2c2ccccc21. The zero-order chi connectivity index (χ0) is 33.9. The van der Waals surface area contributed by atoms with Crippen LogP contribution in [-0.2, 0) is 6.42 Å². The van der Waals surface area contributed by atoms with Gasteiger partial charge in [-0.15, -0.1) is 0 Å². The number of nitrogens with zero attached hydrogens (tertiary/aromatic N) is 3. The molecule has 1 unspecified atom stereocenters. The fraction of sp³-hybridized carbons (Fsp3) is 0.0426. The van der Waals surface area contributed by atoms with Crippen LogP contribution in [0.5, 0.6) is 0 Å². The molecule has 0 amide bonds. The summed E-state index contributed by atoms with van der Waals surface area (Å²) in [6, 6.07) is 54.2. The molecule has 5 heterocycles. The Balaban J connectivity index is 0.972. The zero-order valence-electron chi connectivity index (χ0n) is 28.0. The Morgan fingerprint density at radius 1 is 0.462 bits per heavy atom. The molecule has 0 aliphatic carbocycles. The summed E-state index contributed by atoms with van der Waals surface area (Å²) >= 11 is 0. The average molecular weight is 668 g/mol. The van der Waals surface area contributed by atoms with Crippen molar-refractivity contribution in [2.24, 2.45) is 4.99 Å². The molecular formula is C47H29N3O2. The van der Waals surface area contributed by atoms with Crippen molar-refractivity contribution in [3.63, 3.8) is 0 Å². The van der Waals surface area contributed by atoms with Crippen molar-refractivity contribution in [2.45, 2.75) is 12.5 Å². The van der Waals surface area contributed by atoms with E-state index in [0.717, 1.165) is 61.7 Å². The Hall–Kier alpha value is -6.85. The van der Waals surface area contributed by atoms with E-state index < -0.39 is 0 Å². The normalized spacial score (nSPS) is 14.6. The molecule has 11 aromatic rings. The molecule has 1 aliphatic heterocycles. The number of hydrogen-bond acceptors (Lipinski definition) is 3. The summed E-state index contributed by atoms with van der Waals surface area (Å²) in [6.45, 7) is 0. The molecule has 0 fully saturated rings. The Bertz CT molecular complexity index is 3190. The second-order valence-electron chi connectivity index (χ2n) is 13.9. The fourth-order valence-corrected chi connectivity index (χ4v) is 8.79. The minimum absolute atomic E-state index is 0.0686. The molecule has 1 aliphatic rings. The van der Waals surface area contributed by atoms with Crippen LogP contribution in [0.15, 0.2) is 165 Å². The lowest BCUT2D eigenvalue weighted by Crippen LogP contribution is -2.15. The van der Waals surface area contributed by atoms with Crippen molar-refractivity contribution in [1.29, 1.82) is 0 Å². The summed E-state index contributed by atoms with van der Waals surface area (Å²) in [5.74, 6) is 0.707. The van der Waals surface area contributed by atoms with Gasteiger partial charge in [-0.1, -0.05) is 84.9 Å². The van der Waals surface area contributed by atoms with Gasteiger partial charge in [0.2, 0.25) is 5.88 Å². The Morgan fingerprint density at radius 2 is 0.962 bits per heavy atom. The molecule has 0 spiro atoms. The predicted molar refractivity (Wildman–Crippen MR) is 214 cm³/mol. The van der Waals surface area contributed by atoms with Gasteiger partial charge < -0.3 is 18.0 Å². The fourth-order valence-electron chi connectivity index (χ4n) is 8.79. The van der Waals surface area contributed by atoms with E-state index >= 15 is 0 Å². The van der Waals surface area contributed by atoms with Gasteiger partial charge in [-0.2, -0.15) is 0 Å². The lowest BCUT2D eigenvalue weighted by Gasteiger charge is -2.20. The van der Waals surface area contributed by atoms with Crippen molar-refractivity contribution >= 4 is 88.6 Å². The van der Waals surface area contributed by atoms with Crippen molar-refractivity contribution in [2.75, 3.05) is 0 Å². The Kier molecular flexibility index (Phi) is 5.55. The molecule has 0 N–H and O–H groups in total. The number of fused-ring (bicyclic) bond motifs is 12. The van der Waals surface area contributed by atoms with Gasteiger partial charge in [0, 0.05) is 72.6 Å². The molecule has 0 saturated heterocycles. The van der Waals surface area contributed by atoms with Crippen molar-refractivity contribution in [3.8, 4) is 16.8 Å². The van der Waals surface area contributed by atoms with E-state index in [1.165, 1.54) is 43.6 Å². The first kappa shape index (κ1) is 27.9. The van der Waals surface area contributed by atoms with E-state index in [4.69, 9.17) is 13.8 Å². The summed E-state index contributed by atoms with van der Waals surface area (Å²) in [7, 11) is 0. The molecule has 1 atom stereocenters. The molecule has 7 aromatic carbocycles. The van der Waals surface area contributed by atoms with E-state index in [1.54, 1.807) is 0 Å². The van der Waals surface area contributed by atoms with Gasteiger partial charge >= 0.3 is 0 Å². The first-order valence-corrected chi connectivity index (χ1v) is 17.8. The quantitative estimate of drug-likeness (QED) is 0.188. The number of aromatic nitrogens is 2. The smallest absolute Gasteiger partial charge is 0.223 e. The van der Waals surface area contributed by atoms with Gasteiger partial charge in [-0.25, -0.2) is 4.99 Å². The topological polar surface area (TPSA) is 48.5 Å². The van der Waals surface area contributed by atoms with Gasteiger partial charge in [-0.3, -0.25) is 0 Å². The van der Waals surface area contributed by atoms with E-state index in [0.29, 0.717) is 5.88 Å². The van der Waals surface area contributed by atoms with Crippen molar-refractivity contribution < 1.29 is 8.83 Å². The van der Waals surface area contributed by atoms with E-state index in [9.17, 15) is 0 Å². The minimum atomic E-state index is 0.0686. The number of aliphatic imine (C=N–C) groups is 1. The lowest BCUT2D eigenvalue weighted by molar-refractivity contribution is 0.600. The van der Waals surface area contributed by atoms with Crippen LogP contribution in [0.3, 0.4) is 0 Å². The number of furan rings is 2. The molecule has 52 heavy (non-hydrogen) atoms. The third-order valence-corrected chi connectivity index (χ3v) is 11.1. The Labute approximate surface area is 297 Å². The second kappa shape index (κ2) is 10.3. The number of para-hydroxylation sites is 4. The predicted octanol–water partition coefficient (Wildman–Crippen LogP) is 12.7. The molecule has 0 bridgehead atoms. The average Bonchev–Trinajstić information content (AvgIpc) is 3.94. The van der Waals surface area contributed by atoms with Crippen molar-refractivity contribution in [1.82, 2.24) is 9.13 Å². The zero-order valence-corrected chi connectivity index (χ0v) is 28.0. The Morgan fingerprint density at radius 3 is 1.60 bits per heavy atom. The van der Waals surface area contributed by atoms with Gasteiger partial charge in [0.25, 0.3) is 0 Å². The standard InChI is InChI=1S/C47H29N3O2/c1-5-13-40-32(9-1)33-10-2-6-14-41(33)49(40)30-19-22-45-38(25-30)36-23-28(17-20-44(36)51-45)29-18-21-46-37(24-29)39-26-31(27-48-47(39)52-46)50-42-15-7-3-11-34(42)35-12-4-8-16-43(35)50/h1-25,27,31H,26H2. The monoisotopic (exact) mass is 667 g/mol. The van der Waals surface area contributed by atoms with E-state index in [2.05, 4.69) is 167 Å². The molecule has 5 heteroatoms. The molecule has 0 saturated carbocycles. The molecular weight excluding hydrogens is 639 g/mol. The minimum Gasteiger partial charge on any atom is -0.456 e. The van der Waals surface area contributed by atoms with Crippen LogP contribution in [0.1, 0.15) is 11.6 Å². The molecule has 4 aromatic heterocycles. The van der Waals surface area contributed by atoms with Gasteiger partial charge in [-0.05, 0) is 77.9 Å². The highest BCUT2D eigenvalue weighted by Crippen LogP contribution is 2.42. The molecule has 244 valence electrons. The number of hydrogen-bond donors (Lipinski definition) is 0. The highest BCUT2D eigenvalue weighted by Gasteiger charge is 2.26. The van der Waals surface area contributed by atoms with Crippen LogP contribution in [0.4, 0.5) is 5.88 Å². The van der Waals surface area contributed by atoms with Crippen LogP contribution in [0.2, 0.25) is 0 Å². The first-order valence-electron chi connectivity index (χ1n) is 17.8. The maximum Gasteiger partial charge on any atom is 0.223 e. The molecule has 5 nitrogen and oxygen atoms in total. The summed E-state index contributed by atoms with van der Waals surface area (Å²) in [6.07, 6.45) is 2.85. The molecule has 12 rings (SSSR count). The van der Waals surface area contributed by atoms with Gasteiger partial charge in [0.05, 0.1) is 17.1 Å². The van der Waals surface area contributed by atoms with Gasteiger partial charge in [0.15, 0.2) is 0 Å². The van der Waals surface area contributed by atoms with Gasteiger partial charge in [0.1, 0.15) is 16.7 Å².